The van der Waals surface area contributed by atoms with Gasteiger partial charge in [-0.3, -0.25) is 0 Å². The van der Waals surface area contributed by atoms with Gasteiger partial charge in [-0.05, 0) is 53.7 Å². The van der Waals surface area contributed by atoms with Crippen molar-refractivity contribution in [3.8, 4) is 33.6 Å². The molecule has 9 aromatic rings. The molecule has 4 aromatic heterocycles. The summed E-state index contributed by atoms with van der Waals surface area (Å²) in [6, 6.07) is 48.9. The normalized spacial score (nSPS) is 11.0. The van der Waals surface area contributed by atoms with Crippen LogP contribution in [-0.2, 0) is 20.1 Å². The van der Waals surface area contributed by atoms with Crippen molar-refractivity contribution >= 4 is 43.9 Å². The Morgan fingerprint density at radius 3 is 2.07 bits per heavy atom. The fraction of sp³-hybridized carbons (Fsp3) is 0.0244. The number of fused-ring (bicyclic) bond motifs is 7. The van der Waals surface area contributed by atoms with Gasteiger partial charge in [0, 0.05) is 54.2 Å². The number of nitrogens with zero attached hydrogens (tertiary/aromatic N) is 2. The zero-order valence-corrected chi connectivity index (χ0v) is 27.2. The molecule has 223 valence electrons. The second-order valence-corrected chi connectivity index (χ2v) is 10.9. The van der Waals surface area contributed by atoms with Gasteiger partial charge in [0.25, 0.3) is 0 Å². The summed E-state index contributed by atoms with van der Waals surface area (Å²) >= 11 is 0. The summed E-state index contributed by atoms with van der Waals surface area (Å²) in [7, 11) is 0. The van der Waals surface area contributed by atoms with Crippen LogP contribution in [0.3, 0.4) is 0 Å². The van der Waals surface area contributed by atoms with Gasteiger partial charge in [0.2, 0.25) is 0 Å². The Hall–Kier alpha value is -5.35. The maximum Gasteiger partial charge on any atom is 0.147 e. The molecule has 46 heavy (non-hydrogen) atoms. The monoisotopic (exact) mass is 771 g/mol. The van der Waals surface area contributed by atoms with Gasteiger partial charge in [0.05, 0.1) is 5.39 Å². The third-order valence-electron chi connectivity index (χ3n) is 7.96. The molecule has 0 aliphatic carbocycles. The standard InChI is InChI=1S/C29H16NO2.C12H10N.Ir/c1-2-7-18(8-3-1)24-17-19(15-16-30-24)20-10-6-11-23-27-26(32-28(20)23)14-13-22-21-9-4-5-12-25(21)31-29(22)27;1-10-7-8-12(13-9-10)11-5-3-2-4-6-11;/h1-7,9-17H;2-5,7-9H,1H3;/q2*-1;. The third kappa shape index (κ3) is 5.41. The van der Waals surface area contributed by atoms with Gasteiger partial charge in [0.1, 0.15) is 22.3 Å². The predicted octanol–water partition coefficient (Wildman–Crippen LogP) is 10.9. The molecule has 0 fully saturated rings. The molecule has 0 unspecified atom stereocenters. The van der Waals surface area contributed by atoms with E-state index in [1.807, 2.05) is 104 Å². The van der Waals surface area contributed by atoms with Crippen LogP contribution in [0.1, 0.15) is 5.56 Å². The second kappa shape index (κ2) is 12.6. The van der Waals surface area contributed by atoms with E-state index in [9.17, 15) is 0 Å². The van der Waals surface area contributed by atoms with Crippen molar-refractivity contribution in [2.24, 2.45) is 0 Å². The molecule has 0 spiro atoms. The molecule has 4 heterocycles. The number of aryl methyl sites for hydroxylation is 1. The minimum atomic E-state index is 0. The van der Waals surface area contributed by atoms with Crippen molar-refractivity contribution in [1.29, 1.82) is 0 Å². The topological polar surface area (TPSA) is 52.1 Å². The molecule has 0 saturated heterocycles. The Morgan fingerprint density at radius 1 is 0.565 bits per heavy atom. The summed E-state index contributed by atoms with van der Waals surface area (Å²) < 4.78 is 12.7. The van der Waals surface area contributed by atoms with Crippen LogP contribution in [0.15, 0.2) is 149 Å². The van der Waals surface area contributed by atoms with Crippen molar-refractivity contribution in [1.82, 2.24) is 9.97 Å². The van der Waals surface area contributed by atoms with Gasteiger partial charge < -0.3 is 18.8 Å². The smallest absolute Gasteiger partial charge is 0.147 e. The number of hydrogen-bond donors (Lipinski definition) is 0. The summed E-state index contributed by atoms with van der Waals surface area (Å²) in [6.07, 6.45) is 3.71. The number of pyridine rings is 2. The first-order valence-electron chi connectivity index (χ1n) is 14.8. The molecule has 0 saturated carbocycles. The molecule has 0 aliphatic rings. The van der Waals surface area contributed by atoms with E-state index in [-0.39, 0.29) is 20.1 Å². The van der Waals surface area contributed by atoms with E-state index < -0.39 is 0 Å². The zero-order valence-electron chi connectivity index (χ0n) is 24.8. The van der Waals surface area contributed by atoms with E-state index in [1.165, 1.54) is 5.56 Å². The fourth-order valence-electron chi connectivity index (χ4n) is 5.77. The number of aromatic nitrogens is 2. The number of hydrogen-bond acceptors (Lipinski definition) is 4. The van der Waals surface area contributed by atoms with Crippen molar-refractivity contribution in [3.63, 3.8) is 0 Å². The molecule has 0 atom stereocenters. The van der Waals surface area contributed by atoms with Crippen molar-refractivity contribution in [3.05, 3.63) is 157 Å². The van der Waals surface area contributed by atoms with Crippen LogP contribution in [0.5, 0.6) is 0 Å². The molecule has 0 N–H and O–H groups in total. The largest absolute Gasteiger partial charge is 0.455 e. The number of benzene rings is 5. The van der Waals surface area contributed by atoms with E-state index >= 15 is 0 Å². The molecule has 9 rings (SSSR count). The van der Waals surface area contributed by atoms with E-state index in [1.54, 1.807) is 0 Å². The van der Waals surface area contributed by atoms with Crippen LogP contribution >= 0.6 is 0 Å². The van der Waals surface area contributed by atoms with Crippen molar-refractivity contribution in [2.45, 2.75) is 6.92 Å². The average molecular weight is 771 g/mol. The van der Waals surface area contributed by atoms with E-state index in [2.05, 4.69) is 64.6 Å². The number of rotatable bonds is 3. The maximum absolute atomic E-state index is 6.40. The van der Waals surface area contributed by atoms with Gasteiger partial charge in [-0.25, -0.2) is 0 Å². The molecule has 5 aromatic carbocycles. The molecular weight excluding hydrogens is 745 g/mol. The van der Waals surface area contributed by atoms with Crippen LogP contribution in [-0.4, -0.2) is 9.97 Å². The molecule has 0 amide bonds. The van der Waals surface area contributed by atoms with Gasteiger partial charge in [-0.1, -0.05) is 54.6 Å². The average Bonchev–Trinajstić information content (AvgIpc) is 3.68. The molecule has 5 heteroatoms. The van der Waals surface area contributed by atoms with Crippen LogP contribution < -0.4 is 0 Å². The Balaban J connectivity index is 0.000000204. The first-order chi connectivity index (χ1) is 22.2. The summed E-state index contributed by atoms with van der Waals surface area (Å²) in [6.45, 7) is 2.03. The van der Waals surface area contributed by atoms with E-state index in [0.717, 1.165) is 77.5 Å². The Labute approximate surface area is 279 Å². The zero-order chi connectivity index (χ0) is 30.2. The Bertz CT molecular complexity index is 2430. The van der Waals surface area contributed by atoms with Crippen molar-refractivity contribution < 1.29 is 28.9 Å². The summed E-state index contributed by atoms with van der Waals surface area (Å²) in [5, 5.41) is 4.29. The number of furan rings is 2. The quantitative estimate of drug-likeness (QED) is 0.168. The van der Waals surface area contributed by atoms with E-state index in [0.29, 0.717) is 0 Å². The van der Waals surface area contributed by atoms with Crippen molar-refractivity contribution in [2.75, 3.05) is 0 Å². The van der Waals surface area contributed by atoms with Gasteiger partial charge in [0.15, 0.2) is 0 Å². The molecule has 4 nitrogen and oxygen atoms in total. The first kappa shape index (κ1) is 29.4. The van der Waals surface area contributed by atoms with Crippen LogP contribution in [0.25, 0.3) is 77.5 Å². The fourth-order valence-corrected chi connectivity index (χ4v) is 5.77. The number of para-hydroxylation sites is 2. The van der Waals surface area contributed by atoms with E-state index in [4.69, 9.17) is 8.83 Å². The summed E-state index contributed by atoms with van der Waals surface area (Å²) in [5.41, 5.74) is 10.6. The summed E-state index contributed by atoms with van der Waals surface area (Å²) in [5.74, 6) is 0. The van der Waals surface area contributed by atoms with Crippen LogP contribution in [0.2, 0.25) is 0 Å². The molecule has 0 aliphatic heterocycles. The third-order valence-corrected chi connectivity index (χ3v) is 7.96. The van der Waals surface area contributed by atoms with Gasteiger partial charge in [-0.2, -0.15) is 0 Å². The summed E-state index contributed by atoms with van der Waals surface area (Å²) in [4.78, 5) is 8.86. The first-order valence-corrected chi connectivity index (χ1v) is 14.8. The molecule has 1 radical (unpaired) electrons. The Kier molecular flexibility index (Phi) is 8.02. The second-order valence-electron chi connectivity index (χ2n) is 10.9. The minimum Gasteiger partial charge on any atom is -0.455 e. The maximum atomic E-state index is 6.40. The predicted molar refractivity (Wildman–Crippen MR) is 182 cm³/mol. The van der Waals surface area contributed by atoms with Gasteiger partial charge in [-0.15, -0.1) is 71.8 Å². The van der Waals surface area contributed by atoms with Crippen LogP contribution in [0.4, 0.5) is 0 Å². The molecular formula is C41H26IrN2O2-2. The SMILES string of the molecule is Cc1ccc(-c2[c-]cccc2)nc1.[Ir].[c-]1ccccc1-c1cc(-c2cccc3c2oc2ccc4c5ccccc5oc4c23)ccn1. The minimum absolute atomic E-state index is 0. The van der Waals surface area contributed by atoms with Gasteiger partial charge >= 0.3 is 0 Å². The van der Waals surface area contributed by atoms with Crippen LogP contribution in [0, 0.1) is 19.1 Å². The molecule has 0 bridgehead atoms. The Morgan fingerprint density at radius 2 is 1.30 bits per heavy atom.